The predicted octanol–water partition coefficient (Wildman–Crippen LogP) is 11.2. The molecule has 3 N–H and O–H groups in total. The number of carbonyl (C=O) groups excluding carboxylic acids is 3. The maximum atomic E-state index is 15.3. The van der Waals surface area contributed by atoms with Crippen LogP contribution < -0.4 is 20.8 Å². The summed E-state index contributed by atoms with van der Waals surface area (Å²) in [6.07, 6.45) is 10.1. The van der Waals surface area contributed by atoms with Crippen molar-refractivity contribution in [3.05, 3.63) is 75.6 Å². The monoisotopic (exact) mass is 866 g/mol. The fraction of sp³-hybridized carbons (Fsp3) is 0.551. The fourth-order valence-corrected chi connectivity index (χ4v) is 7.32. The van der Waals surface area contributed by atoms with E-state index >= 15 is 4.39 Å². The summed E-state index contributed by atoms with van der Waals surface area (Å²) in [5, 5.41) is 7.44. The molecule has 0 saturated heterocycles. The number of carbonyl (C=O) groups is 3. The lowest BCUT2D eigenvalue weighted by atomic mass is 9.95. The first-order chi connectivity index (χ1) is 29.2. The molecule has 1 aliphatic carbocycles. The summed E-state index contributed by atoms with van der Waals surface area (Å²) in [4.78, 5) is 41.7. The number of amides is 3. The summed E-state index contributed by atoms with van der Waals surface area (Å²) < 4.78 is 25.6. The number of aryl methyl sites for hydroxylation is 1. The third-order valence-electron chi connectivity index (χ3n) is 11.3. The molecule has 12 heteroatoms. The van der Waals surface area contributed by atoms with Crippen LogP contribution in [-0.4, -0.2) is 68.2 Å². The lowest BCUT2D eigenvalue weighted by Gasteiger charge is -2.23. The number of nitrogens with zero attached hydrogens (tertiary/aromatic N) is 2. The summed E-state index contributed by atoms with van der Waals surface area (Å²) in [6.45, 7) is 22.0. The minimum Gasteiger partial charge on any atom is -0.481 e. The van der Waals surface area contributed by atoms with Crippen molar-refractivity contribution in [2.45, 2.75) is 133 Å². The second kappa shape index (κ2) is 26.9. The van der Waals surface area contributed by atoms with Crippen molar-refractivity contribution in [2.75, 3.05) is 39.7 Å². The number of aromatic nitrogens is 1. The molecule has 1 aromatic heterocycles. The number of halogens is 2. The average molecular weight is 867 g/mol. The highest BCUT2D eigenvalue weighted by atomic mass is 35.5. The van der Waals surface area contributed by atoms with Gasteiger partial charge in [-0.05, 0) is 105 Å². The highest BCUT2D eigenvalue weighted by Crippen LogP contribution is 2.44. The van der Waals surface area contributed by atoms with Crippen LogP contribution in [0.1, 0.15) is 130 Å². The van der Waals surface area contributed by atoms with Crippen molar-refractivity contribution in [3.63, 3.8) is 0 Å². The van der Waals surface area contributed by atoms with Crippen molar-refractivity contribution in [1.82, 2.24) is 20.7 Å². The lowest BCUT2D eigenvalue weighted by molar-refractivity contribution is -0.131. The Balaban J connectivity index is 0.000000465. The van der Waals surface area contributed by atoms with Crippen molar-refractivity contribution in [1.29, 1.82) is 0 Å². The molecule has 2 aliphatic rings. The Morgan fingerprint density at radius 1 is 1.03 bits per heavy atom. The normalized spacial score (nSPS) is 15.6. The number of ether oxygens (including phenoxy) is 2. The van der Waals surface area contributed by atoms with E-state index in [1.54, 1.807) is 52.5 Å². The zero-order valence-corrected chi connectivity index (χ0v) is 39.9. The molecule has 0 saturated carbocycles. The summed E-state index contributed by atoms with van der Waals surface area (Å²) in [5.74, 6) is 0.606. The van der Waals surface area contributed by atoms with E-state index in [-0.39, 0.29) is 28.0 Å². The molecule has 5 rings (SSSR count). The Labute approximate surface area is 370 Å². The lowest BCUT2D eigenvalue weighted by Crippen LogP contribution is -2.46. The largest absolute Gasteiger partial charge is 0.481 e. The number of pyridine rings is 1. The topological polar surface area (TPSA) is 122 Å². The number of likely N-dealkylation sites (N-methyl/N-ethyl adjacent to an activating group) is 1. The van der Waals surface area contributed by atoms with E-state index in [1.165, 1.54) is 30.0 Å². The molecule has 61 heavy (non-hydrogen) atoms. The van der Waals surface area contributed by atoms with Gasteiger partial charge in [0, 0.05) is 61.6 Å². The van der Waals surface area contributed by atoms with Gasteiger partial charge in [-0.2, -0.15) is 0 Å². The first kappa shape index (κ1) is 52.8. The highest BCUT2D eigenvalue weighted by Gasteiger charge is 2.28. The van der Waals surface area contributed by atoms with E-state index in [0.717, 1.165) is 62.2 Å². The van der Waals surface area contributed by atoms with Crippen molar-refractivity contribution < 1.29 is 28.2 Å². The zero-order valence-electron chi connectivity index (χ0n) is 39.1. The van der Waals surface area contributed by atoms with Gasteiger partial charge in [-0.25, -0.2) is 14.8 Å². The number of anilines is 1. The van der Waals surface area contributed by atoms with Crippen molar-refractivity contribution in [2.24, 2.45) is 11.8 Å². The van der Waals surface area contributed by atoms with E-state index in [0.29, 0.717) is 52.5 Å². The van der Waals surface area contributed by atoms with Crippen LogP contribution in [0.3, 0.4) is 0 Å². The van der Waals surface area contributed by atoms with E-state index in [4.69, 9.17) is 26.1 Å². The van der Waals surface area contributed by atoms with Gasteiger partial charge in [0.1, 0.15) is 11.4 Å². The number of methoxy groups -OCH3 is 2. The van der Waals surface area contributed by atoms with Crippen LogP contribution >= 0.6 is 11.6 Å². The molecule has 0 fully saturated rings. The Kier molecular flexibility index (Phi) is 23.3. The molecule has 0 bridgehead atoms. The van der Waals surface area contributed by atoms with Gasteiger partial charge in [-0.1, -0.05) is 98.5 Å². The molecular weight excluding hydrogens is 793 g/mol. The number of benzene rings is 2. The molecular formula is C49H73ClFN5O5. The van der Waals surface area contributed by atoms with E-state index < -0.39 is 17.6 Å². The molecule has 4 atom stereocenters. The summed E-state index contributed by atoms with van der Waals surface area (Å²) in [7, 11) is 4.87. The second-order valence-corrected chi connectivity index (χ2v) is 16.0. The molecule has 10 nitrogen and oxygen atoms in total. The van der Waals surface area contributed by atoms with Crippen LogP contribution in [0.4, 0.5) is 10.1 Å². The molecule has 1 aliphatic heterocycles. The minimum atomic E-state index is -0.535. The Morgan fingerprint density at radius 2 is 1.74 bits per heavy atom. The maximum absolute atomic E-state index is 15.3. The third-order valence-corrected chi connectivity index (χ3v) is 11.7. The van der Waals surface area contributed by atoms with Gasteiger partial charge < -0.3 is 20.1 Å². The molecule has 3 aromatic rings. The van der Waals surface area contributed by atoms with E-state index in [9.17, 15) is 14.4 Å². The minimum absolute atomic E-state index is 0.0354. The van der Waals surface area contributed by atoms with Gasteiger partial charge in [0.15, 0.2) is 0 Å². The van der Waals surface area contributed by atoms with Crippen LogP contribution in [-0.2, 0) is 25.5 Å². The smallest absolute Gasteiger partial charge is 0.273 e. The van der Waals surface area contributed by atoms with Gasteiger partial charge >= 0.3 is 0 Å². The highest BCUT2D eigenvalue weighted by molar-refractivity contribution is 6.36. The van der Waals surface area contributed by atoms with Gasteiger partial charge in [0.05, 0.1) is 17.8 Å². The van der Waals surface area contributed by atoms with Gasteiger partial charge in [0.2, 0.25) is 11.8 Å². The molecule has 2 heterocycles. The molecule has 3 amide bonds. The number of nitrogens with one attached hydrogen (secondary N) is 3. The number of rotatable bonds is 15. The average Bonchev–Trinajstić information content (AvgIpc) is 3.65. The maximum Gasteiger partial charge on any atom is 0.273 e. The summed E-state index contributed by atoms with van der Waals surface area (Å²) >= 11 is 6.87. The van der Waals surface area contributed by atoms with Gasteiger partial charge in [0.25, 0.3) is 11.8 Å². The predicted molar refractivity (Wildman–Crippen MR) is 249 cm³/mol. The van der Waals surface area contributed by atoms with Crippen LogP contribution in [0.2, 0.25) is 5.02 Å². The third kappa shape index (κ3) is 14.6. The quantitative estimate of drug-likeness (QED) is 0.130. The molecule has 0 spiro atoms. The van der Waals surface area contributed by atoms with E-state index in [1.807, 2.05) is 26.8 Å². The first-order valence-electron chi connectivity index (χ1n) is 22.2. The SMILES string of the molecule is CC.CCC(C)CCC(CC)NC(=O)C(C)CC.CCCOC.COc1nc(-c2ccc(F)c(-c3cccc(NC(=O)C4=CCNN(C)C4=O)c3C)c2Cl)cc2c1C(C)CC2. The number of hydrogen-bond donors (Lipinski definition) is 3. The fourth-order valence-electron chi connectivity index (χ4n) is 6.97. The van der Waals surface area contributed by atoms with Crippen LogP contribution in [0.15, 0.2) is 48.0 Å². The zero-order chi connectivity index (χ0) is 45.8. The first-order valence-corrected chi connectivity index (χ1v) is 22.5. The Morgan fingerprint density at radius 3 is 2.33 bits per heavy atom. The second-order valence-electron chi connectivity index (χ2n) is 15.6. The Hall–Kier alpha value is -4.32. The number of hydrogen-bond acceptors (Lipinski definition) is 7. The number of fused-ring (bicyclic) bond motifs is 1. The van der Waals surface area contributed by atoms with Crippen LogP contribution in [0.25, 0.3) is 22.4 Å². The molecule has 0 radical (unpaired) electrons. The Bertz CT molecular complexity index is 1920. The van der Waals surface area contributed by atoms with E-state index in [2.05, 4.69) is 57.6 Å². The molecule has 4 unspecified atom stereocenters. The van der Waals surface area contributed by atoms with Crippen molar-refractivity contribution >= 4 is 35.0 Å². The molecule has 338 valence electrons. The van der Waals surface area contributed by atoms with Gasteiger partial charge in [-0.15, -0.1) is 0 Å². The van der Waals surface area contributed by atoms with Crippen LogP contribution in [0, 0.1) is 24.6 Å². The summed E-state index contributed by atoms with van der Waals surface area (Å²) in [5.41, 5.74) is 8.15. The van der Waals surface area contributed by atoms with Gasteiger partial charge in [-0.3, -0.25) is 19.4 Å². The molecule has 2 aromatic carbocycles. The van der Waals surface area contributed by atoms with Crippen LogP contribution in [0.5, 0.6) is 5.88 Å². The standard InChI is InChI=1S/C29H28ClFN4O3.C14H29NO.C4H10O.C2H6/c1-15-8-9-17-14-23(34-28(38-4)24(15)17)19-10-11-21(31)25(26(19)30)18-6-5-7-22(16(18)2)33-27(36)20-12-13-32-35(3)29(20)37;1-6-11(4)9-10-13(8-3)15-14(16)12(5)7-2;1-3-4-5-2;1-2/h5-7,10-12,14-15,32H,8-9,13H2,1-4H3,(H,33,36);11-13H,6-10H2,1-5H3,(H,15,16);3-4H2,1-2H3;1-2H3. The summed E-state index contributed by atoms with van der Waals surface area (Å²) in [6, 6.07) is 10.5. The van der Waals surface area contributed by atoms with Crippen molar-refractivity contribution in [3.8, 4) is 28.3 Å². The number of hydrazine groups is 1.